The Labute approximate surface area is 102 Å². The molecule has 2 heteroatoms. The summed E-state index contributed by atoms with van der Waals surface area (Å²) in [6, 6.07) is 0. The lowest BCUT2D eigenvalue weighted by Crippen LogP contribution is -2.34. The molecule has 0 fully saturated rings. The second kappa shape index (κ2) is 5.61. The molecule has 0 saturated heterocycles. The number of rotatable bonds is 4. The Bertz CT molecular complexity index is 287. The summed E-state index contributed by atoms with van der Waals surface area (Å²) >= 11 is 0. The fourth-order valence-corrected chi connectivity index (χ4v) is 2.16. The monoisotopic (exact) mass is 218 g/mol. The van der Waals surface area contributed by atoms with Gasteiger partial charge in [0, 0.05) is 12.1 Å². The predicted octanol–water partition coefficient (Wildman–Crippen LogP) is 3.57. The Kier molecular flexibility index (Phi) is 4.70. The van der Waals surface area contributed by atoms with Gasteiger partial charge >= 0.3 is 0 Å². The van der Waals surface area contributed by atoms with Crippen molar-refractivity contribution in [2.75, 3.05) is 0 Å². The van der Waals surface area contributed by atoms with E-state index in [0.717, 1.165) is 0 Å². The third-order valence-electron chi connectivity index (χ3n) is 2.96. The zero-order chi connectivity index (χ0) is 12.3. The maximum absolute atomic E-state index is 3.47. The van der Waals surface area contributed by atoms with Crippen LogP contribution in [0.2, 0.25) is 5.82 Å². The quantitative estimate of drug-likeness (QED) is 0.711. The second-order valence-corrected chi connectivity index (χ2v) is 5.66. The molecule has 0 saturated carbocycles. The molecule has 1 radical (unpaired) electrons. The summed E-state index contributed by atoms with van der Waals surface area (Å²) in [5.41, 5.74) is 2.97. The van der Waals surface area contributed by atoms with E-state index in [2.05, 4.69) is 66.4 Å². The van der Waals surface area contributed by atoms with Crippen LogP contribution in [0.5, 0.6) is 0 Å². The number of dihydropyridines is 1. The Morgan fingerprint density at radius 3 is 2.00 bits per heavy atom. The first kappa shape index (κ1) is 13.4. The van der Waals surface area contributed by atoms with Gasteiger partial charge < -0.3 is 5.32 Å². The fourth-order valence-electron chi connectivity index (χ4n) is 2.16. The van der Waals surface area contributed by atoms with Crippen LogP contribution in [0.25, 0.3) is 0 Å². The van der Waals surface area contributed by atoms with Crippen LogP contribution in [-0.2, 0) is 0 Å². The van der Waals surface area contributed by atoms with Gasteiger partial charge in [-0.3, -0.25) is 0 Å². The fraction of sp³-hybridized carbons (Fsp3) is 0.714. The first-order valence-electron chi connectivity index (χ1n) is 6.45. The van der Waals surface area contributed by atoms with E-state index >= 15 is 0 Å². The first-order chi connectivity index (χ1) is 7.41. The van der Waals surface area contributed by atoms with Gasteiger partial charge in [-0.25, -0.2) is 0 Å². The van der Waals surface area contributed by atoms with Gasteiger partial charge in [-0.2, -0.15) is 0 Å². The van der Waals surface area contributed by atoms with Crippen LogP contribution >= 0.6 is 0 Å². The average Bonchev–Trinajstić information content (AvgIpc) is 2.16. The lowest BCUT2D eigenvalue weighted by atomic mass is 9.58. The standard InChI is InChI=1S/C14H25BN/c1-9(2)12-7-14(15-11(5)6)16-8-13(12)10(3)4/h7-11,14,16H,1-6H3. The molecule has 1 atom stereocenters. The number of hydrogen-bond acceptors (Lipinski definition) is 1. The van der Waals surface area contributed by atoms with Gasteiger partial charge in [0.05, 0.1) is 0 Å². The van der Waals surface area contributed by atoms with E-state index in [4.69, 9.17) is 0 Å². The first-order valence-corrected chi connectivity index (χ1v) is 6.45. The molecule has 0 aromatic heterocycles. The molecule has 0 spiro atoms. The molecular weight excluding hydrogens is 193 g/mol. The van der Waals surface area contributed by atoms with E-state index in [9.17, 15) is 0 Å². The molecule has 0 amide bonds. The normalized spacial score (nSPS) is 20.9. The van der Waals surface area contributed by atoms with Crippen molar-refractivity contribution in [3.8, 4) is 0 Å². The predicted molar refractivity (Wildman–Crippen MR) is 73.6 cm³/mol. The Morgan fingerprint density at radius 1 is 1.00 bits per heavy atom. The zero-order valence-corrected chi connectivity index (χ0v) is 11.5. The summed E-state index contributed by atoms with van der Waals surface area (Å²) in [5.74, 6) is 2.23. The maximum Gasteiger partial charge on any atom is 0.148 e. The minimum absolute atomic E-state index is 0.403. The zero-order valence-electron chi connectivity index (χ0n) is 11.5. The average molecular weight is 218 g/mol. The Balaban J connectivity index is 2.82. The largest absolute Gasteiger partial charge is 0.392 e. The van der Waals surface area contributed by atoms with Gasteiger partial charge in [0.2, 0.25) is 0 Å². The minimum Gasteiger partial charge on any atom is -0.392 e. The van der Waals surface area contributed by atoms with Crippen molar-refractivity contribution in [3.63, 3.8) is 0 Å². The molecule has 0 aromatic rings. The second-order valence-electron chi connectivity index (χ2n) is 5.66. The molecule has 1 aliphatic rings. The van der Waals surface area contributed by atoms with Crippen LogP contribution in [0.3, 0.4) is 0 Å². The van der Waals surface area contributed by atoms with Crippen molar-refractivity contribution >= 4 is 7.28 Å². The molecule has 1 aliphatic heterocycles. The summed E-state index contributed by atoms with van der Waals surface area (Å²) in [4.78, 5) is 0. The van der Waals surface area contributed by atoms with Gasteiger partial charge in [-0.1, -0.05) is 53.4 Å². The van der Waals surface area contributed by atoms with E-state index in [1.807, 2.05) is 0 Å². The molecule has 1 rings (SSSR count). The lowest BCUT2D eigenvalue weighted by Gasteiger charge is -2.28. The van der Waals surface area contributed by atoms with E-state index < -0.39 is 0 Å². The highest BCUT2D eigenvalue weighted by Crippen LogP contribution is 2.28. The molecule has 16 heavy (non-hydrogen) atoms. The van der Waals surface area contributed by atoms with Crippen LogP contribution < -0.4 is 5.32 Å². The Hall–Kier alpha value is -0.655. The lowest BCUT2D eigenvalue weighted by molar-refractivity contribution is 0.666. The number of allylic oxidation sites excluding steroid dienone is 2. The molecule has 89 valence electrons. The maximum atomic E-state index is 3.47. The molecule has 0 bridgehead atoms. The topological polar surface area (TPSA) is 12.0 Å². The third-order valence-corrected chi connectivity index (χ3v) is 2.96. The number of hydrogen-bond donors (Lipinski definition) is 1. The smallest absolute Gasteiger partial charge is 0.148 e. The van der Waals surface area contributed by atoms with Crippen LogP contribution in [-0.4, -0.2) is 13.2 Å². The summed E-state index contributed by atoms with van der Waals surface area (Å²) in [6.07, 6.45) is 4.60. The summed E-state index contributed by atoms with van der Waals surface area (Å²) in [5, 5.41) is 3.47. The van der Waals surface area contributed by atoms with E-state index in [1.165, 1.54) is 11.1 Å². The van der Waals surface area contributed by atoms with E-state index in [-0.39, 0.29) is 0 Å². The molecule has 1 unspecified atom stereocenters. The van der Waals surface area contributed by atoms with Crippen molar-refractivity contribution in [2.24, 2.45) is 11.8 Å². The molecule has 0 aromatic carbocycles. The van der Waals surface area contributed by atoms with Gasteiger partial charge in [-0.15, -0.1) is 0 Å². The summed E-state index contributed by atoms with van der Waals surface area (Å²) in [6.45, 7) is 13.5. The van der Waals surface area contributed by atoms with Crippen LogP contribution in [0.1, 0.15) is 41.5 Å². The third kappa shape index (κ3) is 3.43. The highest BCUT2D eigenvalue weighted by molar-refractivity contribution is 6.40. The molecule has 0 aliphatic carbocycles. The van der Waals surface area contributed by atoms with Crippen LogP contribution in [0.4, 0.5) is 0 Å². The molecule has 1 heterocycles. The summed E-state index contributed by atoms with van der Waals surface area (Å²) in [7, 11) is 2.36. The van der Waals surface area contributed by atoms with Crippen molar-refractivity contribution in [1.82, 2.24) is 5.32 Å². The van der Waals surface area contributed by atoms with Crippen molar-refractivity contribution < 1.29 is 0 Å². The van der Waals surface area contributed by atoms with Gasteiger partial charge in [0.25, 0.3) is 0 Å². The molecule has 1 N–H and O–H groups in total. The van der Waals surface area contributed by atoms with E-state index in [0.29, 0.717) is 23.6 Å². The highest BCUT2D eigenvalue weighted by Gasteiger charge is 2.20. The summed E-state index contributed by atoms with van der Waals surface area (Å²) < 4.78 is 0. The van der Waals surface area contributed by atoms with Gasteiger partial charge in [-0.05, 0) is 23.0 Å². The molecular formula is C14H25BN. The van der Waals surface area contributed by atoms with Crippen LogP contribution in [0, 0.1) is 11.8 Å². The van der Waals surface area contributed by atoms with Gasteiger partial charge in [0.1, 0.15) is 7.28 Å². The van der Waals surface area contributed by atoms with E-state index in [1.54, 1.807) is 0 Å². The van der Waals surface area contributed by atoms with Crippen molar-refractivity contribution in [1.29, 1.82) is 0 Å². The highest BCUT2D eigenvalue weighted by atomic mass is 14.9. The number of nitrogens with one attached hydrogen (secondary N) is 1. The van der Waals surface area contributed by atoms with Crippen molar-refractivity contribution in [2.45, 2.75) is 53.3 Å². The minimum atomic E-state index is 0.403. The van der Waals surface area contributed by atoms with Crippen LogP contribution in [0.15, 0.2) is 23.4 Å². The Morgan fingerprint density at radius 2 is 1.56 bits per heavy atom. The van der Waals surface area contributed by atoms with Crippen molar-refractivity contribution in [3.05, 3.63) is 23.4 Å². The van der Waals surface area contributed by atoms with Gasteiger partial charge in [0.15, 0.2) is 0 Å². The molecule has 1 nitrogen and oxygen atoms in total. The SMILES string of the molecule is CC(C)[B]C1C=C(C(C)C)C(C(C)C)=CN1.